The molecule has 0 saturated carbocycles. The monoisotopic (exact) mass is 447 g/mol. The second kappa shape index (κ2) is 9.85. The van der Waals surface area contributed by atoms with Gasteiger partial charge in [0.05, 0.1) is 17.5 Å². The standard InChI is InChI=1S/C25H29N5O3/c1-17(2)30-21-11-7-6-10-19(21)27-22(30)12-14-26-23(31)16-20-24(32)29(25(33)28-20)15-13-18-8-4-3-5-9-18/h3-11,17,20H,12-16H2,1-2H3,(H,26,31)(H,28,33)/t20-/m1/s1. The molecular weight excluding hydrogens is 418 g/mol. The van der Waals surface area contributed by atoms with E-state index in [4.69, 9.17) is 4.98 Å². The minimum Gasteiger partial charge on any atom is -0.356 e. The van der Waals surface area contributed by atoms with E-state index in [0.29, 0.717) is 19.4 Å². The number of carbonyl (C=O) groups excluding carboxylic acids is 3. The van der Waals surface area contributed by atoms with Crippen LogP contribution in [0.25, 0.3) is 11.0 Å². The number of urea groups is 1. The van der Waals surface area contributed by atoms with E-state index in [1.807, 2.05) is 54.6 Å². The van der Waals surface area contributed by atoms with Crippen molar-refractivity contribution in [3.8, 4) is 0 Å². The number of hydrogen-bond acceptors (Lipinski definition) is 4. The number of benzene rings is 2. The first-order valence-corrected chi connectivity index (χ1v) is 11.3. The third-order valence-corrected chi connectivity index (χ3v) is 5.82. The van der Waals surface area contributed by atoms with Gasteiger partial charge in [-0.3, -0.25) is 14.5 Å². The third kappa shape index (κ3) is 5.05. The first-order chi connectivity index (χ1) is 15.9. The molecule has 0 radical (unpaired) electrons. The summed E-state index contributed by atoms with van der Waals surface area (Å²) < 4.78 is 2.17. The van der Waals surface area contributed by atoms with E-state index in [2.05, 4.69) is 29.0 Å². The van der Waals surface area contributed by atoms with Crippen molar-refractivity contribution in [1.29, 1.82) is 0 Å². The highest BCUT2D eigenvalue weighted by molar-refractivity contribution is 6.05. The molecule has 1 aliphatic heterocycles. The molecule has 3 aromatic rings. The molecular formula is C25H29N5O3. The Kier molecular flexibility index (Phi) is 6.72. The smallest absolute Gasteiger partial charge is 0.324 e. The SMILES string of the molecule is CC(C)n1c(CCNC(=O)C[C@H]2NC(=O)N(CCc3ccccc3)C2=O)nc2ccccc21. The lowest BCUT2D eigenvalue weighted by molar-refractivity contribution is -0.130. The van der Waals surface area contributed by atoms with Crippen LogP contribution >= 0.6 is 0 Å². The Bertz CT molecular complexity index is 1160. The number of carbonyl (C=O) groups is 3. The van der Waals surface area contributed by atoms with Gasteiger partial charge in [-0.1, -0.05) is 42.5 Å². The predicted octanol–water partition coefficient (Wildman–Crippen LogP) is 2.83. The summed E-state index contributed by atoms with van der Waals surface area (Å²) in [7, 11) is 0. The molecule has 0 bridgehead atoms. The molecule has 0 unspecified atom stereocenters. The van der Waals surface area contributed by atoms with Crippen LogP contribution in [0.5, 0.6) is 0 Å². The summed E-state index contributed by atoms with van der Waals surface area (Å²) >= 11 is 0. The van der Waals surface area contributed by atoms with Gasteiger partial charge in [0.15, 0.2) is 0 Å². The summed E-state index contributed by atoms with van der Waals surface area (Å²) in [5.41, 5.74) is 3.05. The number of rotatable bonds is 9. The van der Waals surface area contributed by atoms with Gasteiger partial charge in [0, 0.05) is 25.6 Å². The molecule has 33 heavy (non-hydrogen) atoms. The number of hydrogen-bond donors (Lipinski definition) is 2. The van der Waals surface area contributed by atoms with Crippen LogP contribution in [0.2, 0.25) is 0 Å². The molecule has 4 amide bonds. The van der Waals surface area contributed by atoms with Crippen LogP contribution in [-0.4, -0.2) is 51.4 Å². The van der Waals surface area contributed by atoms with Gasteiger partial charge in [0.1, 0.15) is 11.9 Å². The van der Waals surface area contributed by atoms with Gasteiger partial charge in [-0.25, -0.2) is 9.78 Å². The summed E-state index contributed by atoms with van der Waals surface area (Å²) in [6.07, 6.45) is 1.08. The van der Waals surface area contributed by atoms with Crippen molar-refractivity contribution in [3.63, 3.8) is 0 Å². The van der Waals surface area contributed by atoms with Crippen LogP contribution in [-0.2, 0) is 22.4 Å². The number of nitrogens with one attached hydrogen (secondary N) is 2. The maximum Gasteiger partial charge on any atom is 0.324 e. The Morgan fingerprint density at radius 2 is 1.79 bits per heavy atom. The zero-order valence-corrected chi connectivity index (χ0v) is 19.0. The fraction of sp³-hybridized carbons (Fsp3) is 0.360. The van der Waals surface area contributed by atoms with Crippen LogP contribution in [0.3, 0.4) is 0 Å². The lowest BCUT2D eigenvalue weighted by atomic mass is 10.1. The molecule has 4 rings (SSSR count). The number of amides is 4. The highest BCUT2D eigenvalue weighted by Crippen LogP contribution is 2.21. The molecule has 2 aromatic carbocycles. The minimum atomic E-state index is -0.825. The van der Waals surface area contributed by atoms with Crippen LogP contribution in [0.15, 0.2) is 54.6 Å². The predicted molar refractivity (Wildman–Crippen MR) is 126 cm³/mol. The lowest BCUT2D eigenvalue weighted by Crippen LogP contribution is -2.37. The van der Waals surface area contributed by atoms with E-state index in [1.54, 1.807) is 0 Å². The van der Waals surface area contributed by atoms with Gasteiger partial charge in [-0.15, -0.1) is 0 Å². The van der Waals surface area contributed by atoms with Crippen molar-refractivity contribution in [2.24, 2.45) is 0 Å². The molecule has 0 spiro atoms. The molecule has 2 heterocycles. The van der Waals surface area contributed by atoms with Crippen molar-refractivity contribution in [3.05, 3.63) is 66.0 Å². The number of aromatic nitrogens is 2. The average Bonchev–Trinajstić information content (AvgIpc) is 3.29. The number of imide groups is 1. The molecule has 1 fully saturated rings. The molecule has 1 aliphatic rings. The van der Waals surface area contributed by atoms with Crippen LogP contribution in [0.1, 0.15) is 37.7 Å². The Labute approximate surface area is 193 Å². The number of imidazole rings is 1. The van der Waals surface area contributed by atoms with Crippen molar-refractivity contribution in [2.45, 2.75) is 45.2 Å². The van der Waals surface area contributed by atoms with Crippen LogP contribution < -0.4 is 10.6 Å². The molecule has 8 nitrogen and oxygen atoms in total. The fourth-order valence-electron chi connectivity index (χ4n) is 4.23. The minimum absolute atomic E-state index is 0.0764. The number of nitrogens with zero attached hydrogens (tertiary/aromatic N) is 3. The maximum atomic E-state index is 12.6. The Balaban J connectivity index is 1.29. The van der Waals surface area contributed by atoms with Gasteiger partial charge in [-0.05, 0) is 38.0 Å². The molecule has 1 aromatic heterocycles. The highest BCUT2D eigenvalue weighted by Gasteiger charge is 2.38. The summed E-state index contributed by atoms with van der Waals surface area (Å²) in [5, 5.41) is 5.49. The van der Waals surface area contributed by atoms with E-state index in [-0.39, 0.29) is 30.8 Å². The van der Waals surface area contributed by atoms with Gasteiger partial charge in [-0.2, -0.15) is 0 Å². The highest BCUT2D eigenvalue weighted by atomic mass is 16.2. The fourth-order valence-corrected chi connectivity index (χ4v) is 4.23. The zero-order valence-electron chi connectivity index (χ0n) is 19.0. The largest absolute Gasteiger partial charge is 0.356 e. The zero-order chi connectivity index (χ0) is 23.4. The number of fused-ring (bicyclic) bond motifs is 1. The van der Waals surface area contributed by atoms with Crippen molar-refractivity contribution < 1.29 is 14.4 Å². The molecule has 1 atom stereocenters. The first kappa shape index (κ1) is 22.5. The van der Waals surface area contributed by atoms with E-state index >= 15 is 0 Å². The summed E-state index contributed by atoms with van der Waals surface area (Å²) in [4.78, 5) is 43.2. The second-order valence-corrected chi connectivity index (χ2v) is 8.51. The first-order valence-electron chi connectivity index (χ1n) is 11.3. The topological polar surface area (TPSA) is 96.3 Å². The van der Waals surface area contributed by atoms with Crippen LogP contribution in [0, 0.1) is 0 Å². The molecule has 8 heteroatoms. The maximum absolute atomic E-state index is 12.6. The van der Waals surface area contributed by atoms with E-state index < -0.39 is 12.1 Å². The second-order valence-electron chi connectivity index (χ2n) is 8.51. The number of para-hydroxylation sites is 2. The summed E-state index contributed by atoms with van der Waals surface area (Å²) in [6.45, 7) is 4.90. The van der Waals surface area contributed by atoms with Crippen LogP contribution in [0.4, 0.5) is 4.79 Å². The summed E-state index contributed by atoms with van der Waals surface area (Å²) in [5.74, 6) is 0.280. The molecule has 1 saturated heterocycles. The van der Waals surface area contributed by atoms with Crippen molar-refractivity contribution in [2.75, 3.05) is 13.1 Å². The summed E-state index contributed by atoms with van der Waals surface area (Å²) in [6, 6.07) is 16.6. The van der Waals surface area contributed by atoms with Gasteiger partial charge >= 0.3 is 6.03 Å². The normalized spacial score (nSPS) is 16.0. The Morgan fingerprint density at radius 3 is 2.55 bits per heavy atom. The van der Waals surface area contributed by atoms with E-state index in [1.165, 1.54) is 4.90 Å². The Morgan fingerprint density at radius 1 is 1.06 bits per heavy atom. The quantitative estimate of drug-likeness (QED) is 0.493. The third-order valence-electron chi connectivity index (χ3n) is 5.82. The average molecular weight is 448 g/mol. The van der Waals surface area contributed by atoms with E-state index in [0.717, 1.165) is 22.4 Å². The van der Waals surface area contributed by atoms with Crippen molar-refractivity contribution in [1.82, 2.24) is 25.1 Å². The van der Waals surface area contributed by atoms with Gasteiger partial charge in [0.25, 0.3) is 5.91 Å². The van der Waals surface area contributed by atoms with Gasteiger partial charge in [0.2, 0.25) is 5.91 Å². The molecule has 0 aliphatic carbocycles. The Hall–Kier alpha value is -3.68. The van der Waals surface area contributed by atoms with Crippen molar-refractivity contribution >= 4 is 28.9 Å². The lowest BCUT2D eigenvalue weighted by Gasteiger charge is -2.14. The van der Waals surface area contributed by atoms with E-state index in [9.17, 15) is 14.4 Å². The van der Waals surface area contributed by atoms with Gasteiger partial charge < -0.3 is 15.2 Å². The molecule has 172 valence electrons. The molecule has 2 N–H and O–H groups in total.